The molecule has 1 aromatic rings. The van der Waals surface area contributed by atoms with Crippen molar-refractivity contribution in [3.8, 4) is 6.07 Å². The van der Waals surface area contributed by atoms with Crippen molar-refractivity contribution in [1.29, 1.82) is 5.26 Å². The maximum Gasteiger partial charge on any atom is 0.0995 e. The lowest BCUT2D eigenvalue weighted by atomic mass is 10.1. The first kappa shape index (κ1) is 12.7. The minimum absolute atomic E-state index is 0.418. The molecule has 0 spiro atoms. The molecule has 3 nitrogen and oxygen atoms in total. The Hall–Kier alpha value is -1.37. The van der Waals surface area contributed by atoms with Gasteiger partial charge in [-0.25, -0.2) is 0 Å². The molecule has 0 saturated carbocycles. The molecule has 0 aromatic heterocycles. The summed E-state index contributed by atoms with van der Waals surface area (Å²) in [5.74, 6) is 0. The molecular weight excluding hydrogens is 198 g/mol. The van der Waals surface area contributed by atoms with Crippen LogP contribution >= 0.6 is 0 Å². The van der Waals surface area contributed by atoms with E-state index in [1.165, 1.54) is 0 Å². The second-order valence-electron chi connectivity index (χ2n) is 4.31. The van der Waals surface area contributed by atoms with Crippen LogP contribution in [0.1, 0.15) is 18.1 Å². The molecule has 1 atom stereocenters. The van der Waals surface area contributed by atoms with E-state index in [0.717, 1.165) is 24.2 Å². The Kier molecular flexibility index (Phi) is 4.97. The van der Waals surface area contributed by atoms with Gasteiger partial charge in [0.25, 0.3) is 0 Å². The first-order chi connectivity index (χ1) is 7.63. The topological polar surface area (TPSA) is 39.1 Å². The lowest BCUT2D eigenvalue weighted by Gasteiger charge is -2.18. The van der Waals surface area contributed by atoms with Crippen molar-refractivity contribution in [2.24, 2.45) is 0 Å². The highest BCUT2D eigenvalue weighted by Gasteiger charge is 2.04. The summed E-state index contributed by atoms with van der Waals surface area (Å²) in [6.45, 7) is 3.89. The fourth-order valence-electron chi connectivity index (χ4n) is 1.68. The molecule has 1 unspecified atom stereocenters. The van der Waals surface area contributed by atoms with E-state index in [9.17, 15) is 0 Å². The van der Waals surface area contributed by atoms with E-state index < -0.39 is 0 Å². The maximum atomic E-state index is 8.94. The summed E-state index contributed by atoms with van der Waals surface area (Å²) >= 11 is 0. The fourth-order valence-corrected chi connectivity index (χ4v) is 1.68. The predicted molar refractivity (Wildman–Crippen MR) is 66.0 cm³/mol. The van der Waals surface area contributed by atoms with Gasteiger partial charge < -0.3 is 10.2 Å². The number of likely N-dealkylation sites (N-methyl/N-ethyl adjacent to an activating group) is 1. The lowest BCUT2D eigenvalue weighted by molar-refractivity contribution is 0.349. The number of hydrogen-bond acceptors (Lipinski definition) is 3. The van der Waals surface area contributed by atoms with E-state index in [4.69, 9.17) is 5.26 Å². The Morgan fingerprint density at radius 3 is 2.69 bits per heavy atom. The van der Waals surface area contributed by atoms with Crippen LogP contribution in [-0.4, -0.2) is 31.6 Å². The third kappa shape index (κ3) is 4.01. The van der Waals surface area contributed by atoms with Crippen molar-refractivity contribution in [3.63, 3.8) is 0 Å². The SMILES string of the molecule is CC(CN(C)C)NCc1ccccc1C#N. The zero-order valence-corrected chi connectivity index (χ0v) is 10.2. The van der Waals surface area contributed by atoms with Crippen molar-refractivity contribution < 1.29 is 0 Å². The minimum Gasteiger partial charge on any atom is -0.309 e. The molecule has 0 radical (unpaired) electrons. The maximum absolute atomic E-state index is 8.94. The summed E-state index contributed by atoms with van der Waals surface area (Å²) in [5.41, 5.74) is 1.82. The van der Waals surface area contributed by atoms with Crippen molar-refractivity contribution in [1.82, 2.24) is 10.2 Å². The fraction of sp³-hybridized carbons (Fsp3) is 0.462. The summed E-state index contributed by atoms with van der Waals surface area (Å²) < 4.78 is 0. The summed E-state index contributed by atoms with van der Waals surface area (Å²) in [6, 6.07) is 10.3. The number of nitrogens with one attached hydrogen (secondary N) is 1. The van der Waals surface area contributed by atoms with E-state index in [0.29, 0.717) is 6.04 Å². The first-order valence-corrected chi connectivity index (χ1v) is 5.49. The second kappa shape index (κ2) is 6.26. The van der Waals surface area contributed by atoms with Crippen LogP contribution in [0.5, 0.6) is 0 Å². The molecule has 3 heteroatoms. The molecule has 0 heterocycles. The smallest absolute Gasteiger partial charge is 0.0995 e. The molecule has 1 aromatic carbocycles. The van der Waals surface area contributed by atoms with Gasteiger partial charge >= 0.3 is 0 Å². The normalized spacial score (nSPS) is 12.4. The van der Waals surface area contributed by atoms with Gasteiger partial charge in [0.15, 0.2) is 0 Å². The Labute approximate surface area is 97.7 Å². The van der Waals surface area contributed by atoms with E-state index in [1.54, 1.807) is 0 Å². The van der Waals surface area contributed by atoms with Gasteiger partial charge in [-0.3, -0.25) is 0 Å². The number of benzene rings is 1. The van der Waals surface area contributed by atoms with Gasteiger partial charge in [0.2, 0.25) is 0 Å². The molecule has 0 fully saturated rings. The van der Waals surface area contributed by atoms with Crippen LogP contribution < -0.4 is 5.32 Å². The largest absolute Gasteiger partial charge is 0.309 e. The summed E-state index contributed by atoms with van der Waals surface area (Å²) in [7, 11) is 4.11. The molecule has 1 N–H and O–H groups in total. The molecule has 16 heavy (non-hydrogen) atoms. The monoisotopic (exact) mass is 217 g/mol. The summed E-state index contributed by atoms with van der Waals surface area (Å²) in [6.07, 6.45) is 0. The van der Waals surface area contributed by atoms with Gasteiger partial charge in [-0.1, -0.05) is 18.2 Å². The zero-order valence-electron chi connectivity index (χ0n) is 10.2. The molecule has 0 saturated heterocycles. The van der Waals surface area contributed by atoms with Gasteiger partial charge in [0.05, 0.1) is 11.6 Å². The van der Waals surface area contributed by atoms with Crippen LogP contribution in [0.2, 0.25) is 0 Å². The first-order valence-electron chi connectivity index (χ1n) is 5.49. The Balaban J connectivity index is 2.52. The minimum atomic E-state index is 0.418. The van der Waals surface area contributed by atoms with Crippen LogP contribution in [-0.2, 0) is 6.54 Å². The lowest BCUT2D eigenvalue weighted by Crippen LogP contribution is -2.35. The van der Waals surface area contributed by atoms with Crippen LogP contribution in [0.15, 0.2) is 24.3 Å². The quantitative estimate of drug-likeness (QED) is 0.814. The summed E-state index contributed by atoms with van der Waals surface area (Å²) in [5, 5.41) is 12.4. The molecule has 0 aliphatic heterocycles. The van der Waals surface area contributed by atoms with E-state index >= 15 is 0 Å². The standard InChI is InChI=1S/C13H19N3/c1-11(10-16(2)3)15-9-13-7-5-4-6-12(13)8-14/h4-7,11,15H,9-10H2,1-3H3. The van der Waals surface area contributed by atoms with Crippen LogP contribution in [0.3, 0.4) is 0 Å². The van der Waals surface area contributed by atoms with Crippen molar-refractivity contribution in [2.75, 3.05) is 20.6 Å². The molecule has 0 amide bonds. The molecule has 86 valence electrons. The van der Waals surface area contributed by atoms with Gasteiger partial charge in [0.1, 0.15) is 0 Å². The van der Waals surface area contributed by atoms with Gasteiger partial charge in [-0.05, 0) is 32.6 Å². The van der Waals surface area contributed by atoms with Crippen LogP contribution in [0.25, 0.3) is 0 Å². The van der Waals surface area contributed by atoms with Gasteiger partial charge in [-0.15, -0.1) is 0 Å². The number of rotatable bonds is 5. The van der Waals surface area contributed by atoms with E-state index in [1.807, 2.05) is 24.3 Å². The van der Waals surface area contributed by atoms with Crippen LogP contribution in [0, 0.1) is 11.3 Å². The highest BCUT2D eigenvalue weighted by molar-refractivity contribution is 5.37. The van der Waals surface area contributed by atoms with Gasteiger partial charge in [-0.2, -0.15) is 5.26 Å². The predicted octanol–water partition coefficient (Wildman–Crippen LogP) is 1.60. The molecule has 1 rings (SSSR count). The molecular formula is C13H19N3. The Bertz CT molecular complexity index is 366. The van der Waals surface area contributed by atoms with Crippen molar-refractivity contribution in [3.05, 3.63) is 35.4 Å². The summed E-state index contributed by atoms with van der Waals surface area (Å²) in [4.78, 5) is 2.15. The Morgan fingerprint density at radius 1 is 1.38 bits per heavy atom. The van der Waals surface area contributed by atoms with Crippen molar-refractivity contribution in [2.45, 2.75) is 19.5 Å². The molecule has 0 bridgehead atoms. The van der Waals surface area contributed by atoms with E-state index in [2.05, 4.69) is 37.3 Å². The molecule has 0 aliphatic rings. The molecule has 0 aliphatic carbocycles. The number of nitrogens with zero attached hydrogens (tertiary/aromatic N) is 2. The third-order valence-electron chi connectivity index (χ3n) is 2.42. The van der Waals surface area contributed by atoms with E-state index in [-0.39, 0.29) is 0 Å². The highest BCUT2D eigenvalue weighted by Crippen LogP contribution is 2.06. The zero-order chi connectivity index (χ0) is 12.0. The average molecular weight is 217 g/mol. The highest BCUT2D eigenvalue weighted by atomic mass is 15.1. The van der Waals surface area contributed by atoms with Gasteiger partial charge in [0, 0.05) is 19.1 Å². The third-order valence-corrected chi connectivity index (χ3v) is 2.42. The second-order valence-corrected chi connectivity index (χ2v) is 4.31. The van der Waals surface area contributed by atoms with Crippen molar-refractivity contribution >= 4 is 0 Å². The van der Waals surface area contributed by atoms with Crippen LogP contribution in [0.4, 0.5) is 0 Å². The Morgan fingerprint density at radius 2 is 2.06 bits per heavy atom. The number of hydrogen-bond donors (Lipinski definition) is 1. The number of nitriles is 1. The average Bonchev–Trinajstić information content (AvgIpc) is 2.26.